The quantitative estimate of drug-likeness (QED) is 0.0261. The Labute approximate surface area is 460 Å². The molecule has 0 amide bonds. The summed E-state index contributed by atoms with van der Waals surface area (Å²) in [5.41, 5.74) is 0. The van der Waals surface area contributed by atoms with Crippen LogP contribution in [0.15, 0.2) is 158 Å². The predicted molar refractivity (Wildman–Crippen MR) is 325 cm³/mol. The van der Waals surface area contributed by atoms with Gasteiger partial charge in [0.2, 0.25) is 0 Å². The summed E-state index contributed by atoms with van der Waals surface area (Å²) in [7, 11) is 0. The molecule has 1 atom stereocenters. The van der Waals surface area contributed by atoms with Crippen LogP contribution in [0.2, 0.25) is 0 Å². The zero-order valence-corrected chi connectivity index (χ0v) is 48.0. The minimum Gasteiger partial charge on any atom is -0.462 e. The lowest BCUT2D eigenvalue weighted by Crippen LogP contribution is -2.30. The summed E-state index contributed by atoms with van der Waals surface area (Å²) in [4.78, 5) is 38.2. The molecule has 0 aromatic rings. The van der Waals surface area contributed by atoms with E-state index in [1.807, 2.05) is 0 Å². The molecule has 6 heteroatoms. The maximum Gasteiger partial charge on any atom is 0.306 e. The van der Waals surface area contributed by atoms with Crippen LogP contribution in [0.5, 0.6) is 0 Å². The Morgan fingerprint density at radius 1 is 0.280 bits per heavy atom. The lowest BCUT2D eigenvalue weighted by molar-refractivity contribution is -0.167. The monoisotopic (exact) mass is 1030 g/mol. The second-order valence-electron chi connectivity index (χ2n) is 19.1. The molecule has 0 saturated carbocycles. The minimum atomic E-state index is -0.815. The fourth-order valence-electron chi connectivity index (χ4n) is 7.55. The van der Waals surface area contributed by atoms with Gasteiger partial charge in [0.15, 0.2) is 6.10 Å². The van der Waals surface area contributed by atoms with Crippen LogP contribution in [0, 0.1) is 0 Å². The number of carbonyl (C=O) groups excluding carboxylic acids is 3. The first-order valence-electron chi connectivity index (χ1n) is 30.0. The van der Waals surface area contributed by atoms with Crippen molar-refractivity contribution < 1.29 is 28.6 Å². The van der Waals surface area contributed by atoms with E-state index in [4.69, 9.17) is 14.2 Å². The number of carbonyl (C=O) groups is 3. The maximum atomic E-state index is 12.9. The molecule has 0 spiro atoms. The number of esters is 3. The largest absolute Gasteiger partial charge is 0.462 e. The smallest absolute Gasteiger partial charge is 0.306 e. The van der Waals surface area contributed by atoms with Crippen molar-refractivity contribution in [3.05, 3.63) is 158 Å². The Morgan fingerprint density at radius 3 is 0.840 bits per heavy atom. The van der Waals surface area contributed by atoms with Gasteiger partial charge in [0.25, 0.3) is 0 Å². The molecule has 1 unspecified atom stereocenters. The molecule has 0 aliphatic heterocycles. The molecule has 0 aliphatic carbocycles. The third kappa shape index (κ3) is 59.8. The summed E-state index contributed by atoms with van der Waals surface area (Å²) in [6, 6.07) is 0. The molecule has 6 nitrogen and oxygen atoms in total. The molecule has 0 aromatic heterocycles. The molecule has 0 rings (SSSR count). The molecule has 420 valence electrons. The van der Waals surface area contributed by atoms with Crippen LogP contribution in [0.25, 0.3) is 0 Å². The number of hydrogen-bond acceptors (Lipinski definition) is 6. The summed E-state index contributed by atoms with van der Waals surface area (Å²) in [6.07, 6.45) is 89.5. The topological polar surface area (TPSA) is 78.9 Å². The Balaban J connectivity index is 4.44. The fourth-order valence-corrected chi connectivity index (χ4v) is 7.55. The van der Waals surface area contributed by atoms with E-state index in [1.54, 1.807) is 0 Å². The molecular formula is C69H108O6. The van der Waals surface area contributed by atoms with Crippen LogP contribution in [0.1, 0.15) is 239 Å². The number of rotatable bonds is 52. The predicted octanol–water partition coefficient (Wildman–Crippen LogP) is 20.5. The Bertz CT molecular complexity index is 1710. The number of allylic oxidation sites excluding steroid dienone is 26. The van der Waals surface area contributed by atoms with Gasteiger partial charge in [0.1, 0.15) is 13.2 Å². The zero-order chi connectivity index (χ0) is 54.3. The number of hydrogen-bond donors (Lipinski definition) is 0. The third-order valence-electron chi connectivity index (χ3n) is 12.0. The van der Waals surface area contributed by atoms with Gasteiger partial charge < -0.3 is 14.2 Å². The highest BCUT2D eigenvalue weighted by molar-refractivity contribution is 5.71. The molecule has 0 N–H and O–H groups in total. The number of unbranched alkanes of at least 4 members (excludes halogenated alkanes) is 15. The SMILES string of the molecule is CC/C=C\C/C=C\C/C=C\C/C=C\C/C=C\C/C=C\C/C=C\CCCCCCCC(=O)OCC(COC(=O)CCCCCCC/C=C\CCCC)OC(=O)CCCCC/C=C\C/C=C\C/C=C\C/C=C\C/C=C\CC. The highest BCUT2D eigenvalue weighted by atomic mass is 16.6. The molecule has 0 bridgehead atoms. The average Bonchev–Trinajstić information content (AvgIpc) is 3.41. The molecule has 0 radical (unpaired) electrons. The molecule has 0 aromatic carbocycles. The van der Waals surface area contributed by atoms with Gasteiger partial charge in [-0.25, -0.2) is 0 Å². The standard InChI is InChI=1S/C69H108O6/c1-4-7-10-13-16-19-22-24-26-28-30-31-32-33-34-35-36-37-39-40-42-44-47-50-53-56-59-62-68(71)74-65-66(64-73-67(70)61-58-55-52-49-46-21-18-15-12-9-6-3)75-69(72)63-60-57-54-51-48-45-43-41-38-29-27-25-23-20-17-14-11-8-5-2/h7-8,10-11,15-20,24-27,30-31,33-34,36-38,40-42,45,48,66H,4-6,9,12-14,21-23,28-29,32,35,39,43-44,46-47,49-65H2,1-3H3/b10-7-,11-8-,18-15-,19-16-,20-17-,26-24-,27-25-,31-30-,34-33-,37-36-,41-38-,42-40-,48-45-. The summed E-state index contributed by atoms with van der Waals surface area (Å²) in [5, 5.41) is 0. The van der Waals surface area contributed by atoms with Crippen LogP contribution in [-0.4, -0.2) is 37.2 Å². The lowest BCUT2D eigenvalue weighted by atomic mass is 10.1. The van der Waals surface area contributed by atoms with Crippen molar-refractivity contribution in [1.82, 2.24) is 0 Å². The minimum absolute atomic E-state index is 0.109. The van der Waals surface area contributed by atoms with E-state index in [1.165, 1.54) is 25.7 Å². The second-order valence-corrected chi connectivity index (χ2v) is 19.1. The first-order valence-corrected chi connectivity index (χ1v) is 30.0. The van der Waals surface area contributed by atoms with Crippen LogP contribution in [-0.2, 0) is 28.6 Å². The average molecular weight is 1030 g/mol. The van der Waals surface area contributed by atoms with Crippen LogP contribution >= 0.6 is 0 Å². The fraction of sp³-hybridized carbons (Fsp3) is 0.580. The van der Waals surface area contributed by atoms with E-state index in [0.29, 0.717) is 19.3 Å². The summed E-state index contributed by atoms with van der Waals surface area (Å²) in [6.45, 7) is 6.31. The van der Waals surface area contributed by atoms with E-state index in [9.17, 15) is 14.4 Å². The van der Waals surface area contributed by atoms with E-state index >= 15 is 0 Å². The Morgan fingerprint density at radius 2 is 0.520 bits per heavy atom. The van der Waals surface area contributed by atoms with Crippen LogP contribution in [0.3, 0.4) is 0 Å². The highest BCUT2D eigenvalue weighted by Crippen LogP contribution is 2.13. The van der Waals surface area contributed by atoms with Gasteiger partial charge in [-0.3, -0.25) is 14.4 Å². The van der Waals surface area contributed by atoms with Crippen molar-refractivity contribution in [2.24, 2.45) is 0 Å². The normalized spacial score (nSPS) is 13.3. The van der Waals surface area contributed by atoms with Gasteiger partial charge >= 0.3 is 17.9 Å². The maximum absolute atomic E-state index is 12.9. The first-order chi connectivity index (χ1) is 37.0. The molecule has 0 fully saturated rings. The van der Waals surface area contributed by atoms with Gasteiger partial charge in [-0.05, 0) is 141 Å². The summed E-state index contributed by atoms with van der Waals surface area (Å²) in [5.74, 6) is -0.978. The van der Waals surface area contributed by atoms with Crippen LogP contribution in [0.4, 0.5) is 0 Å². The van der Waals surface area contributed by atoms with Gasteiger partial charge in [-0.1, -0.05) is 237 Å². The Hall–Kier alpha value is -4.97. The van der Waals surface area contributed by atoms with Gasteiger partial charge in [0.05, 0.1) is 0 Å². The van der Waals surface area contributed by atoms with E-state index in [2.05, 4.69) is 179 Å². The van der Waals surface area contributed by atoms with Gasteiger partial charge in [0, 0.05) is 19.3 Å². The lowest BCUT2D eigenvalue weighted by Gasteiger charge is -2.18. The Kier molecular flexibility index (Phi) is 57.5. The van der Waals surface area contributed by atoms with Crippen molar-refractivity contribution in [3.63, 3.8) is 0 Å². The van der Waals surface area contributed by atoms with E-state index in [0.717, 1.165) is 167 Å². The van der Waals surface area contributed by atoms with Crippen molar-refractivity contribution >= 4 is 17.9 Å². The third-order valence-corrected chi connectivity index (χ3v) is 12.0. The van der Waals surface area contributed by atoms with Crippen molar-refractivity contribution in [1.29, 1.82) is 0 Å². The highest BCUT2D eigenvalue weighted by Gasteiger charge is 2.19. The second kappa shape index (κ2) is 61.6. The number of ether oxygens (including phenoxy) is 3. The molecule has 0 saturated heterocycles. The van der Waals surface area contributed by atoms with Crippen molar-refractivity contribution in [3.8, 4) is 0 Å². The van der Waals surface area contributed by atoms with Gasteiger partial charge in [-0.15, -0.1) is 0 Å². The molecular weight excluding hydrogens is 925 g/mol. The van der Waals surface area contributed by atoms with Gasteiger partial charge in [-0.2, -0.15) is 0 Å². The molecule has 0 heterocycles. The zero-order valence-electron chi connectivity index (χ0n) is 48.0. The van der Waals surface area contributed by atoms with E-state index in [-0.39, 0.29) is 37.5 Å². The van der Waals surface area contributed by atoms with E-state index < -0.39 is 6.10 Å². The van der Waals surface area contributed by atoms with Crippen molar-refractivity contribution in [2.45, 2.75) is 245 Å². The van der Waals surface area contributed by atoms with Crippen molar-refractivity contribution in [2.75, 3.05) is 13.2 Å². The first kappa shape index (κ1) is 70.0. The summed E-state index contributed by atoms with van der Waals surface area (Å²) >= 11 is 0. The molecule has 0 aliphatic rings. The summed E-state index contributed by atoms with van der Waals surface area (Å²) < 4.78 is 16.8. The van der Waals surface area contributed by atoms with Crippen LogP contribution < -0.4 is 0 Å². The molecule has 75 heavy (non-hydrogen) atoms.